The van der Waals surface area contributed by atoms with E-state index in [2.05, 4.69) is 16.8 Å². The van der Waals surface area contributed by atoms with Gasteiger partial charge in [0.25, 0.3) is 0 Å². The van der Waals surface area contributed by atoms with E-state index in [0.29, 0.717) is 5.69 Å². The number of nitriles is 1. The molecule has 0 aliphatic heterocycles. The average Bonchev–Trinajstić information content (AvgIpc) is 2.38. The molecule has 0 radical (unpaired) electrons. The first-order valence-corrected chi connectivity index (χ1v) is 5.92. The van der Waals surface area contributed by atoms with Crippen molar-refractivity contribution in [1.82, 2.24) is 0 Å². The minimum atomic E-state index is -0.200. The molecule has 1 aromatic rings. The third-order valence-electron chi connectivity index (χ3n) is 2.06. The molecule has 94 valence electrons. The minimum Gasteiger partial charge on any atom is -0.345 e. The molecule has 1 rings (SSSR count). The second-order valence-corrected chi connectivity index (χ2v) is 4.25. The molecule has 0 aromatic heterocycles. The van der Waals surface area contributed by atoms with Gasteiger partial charge in [-0.15, -0.1) is 0 Å². The molecule has 1 aromatic carbocycles. The predicted octanol–water partition coefficient (Wildman–Crippen LogP) is 2.98. The summed E-state index contributed by atoms with van der Waals surface area (Å²) in [5.41, 5.74) is 0.651. The number of hydrogen-bond acceptors (Lipinski definition) is 5. The van der Waals surface area contributed by atoms with Gasteiger partial charge in [-0.05, 0) is 36.0 Å². The van der Waals surface area contributed by atoms with E-state index < -0.39 is 0 Å². The molecule has 0 unspecified atom stereocenters. The summed E-state index contributed by atoms with van der Waals surface area (Å²) in [5, 5.41) is 21.4. The first-order valence-electron chi connectivity index (χ1n) is 5.10. The second-order valence-electron chi connectivity index (χ2n) is 3.40. The first kappa shape index (κ1) is 14.1. The van der Waals surface area contributed by atoms with E-state index in [9.17, 15) is 4.79 Å². The molecule has 0 heterocycles. The van der Waals surface area contributed by atoms with Crippen molar-refractivity contribution in [2.75, 3.05) is 5.32 Å². The summed E-state index contributed by atoms with van der Waals surface area (Å²) in [6.45, 7) is 3.40. The highest BCUT2D eigenvalue weighted by Gasteiger charge is 2.04. The maximum absolute atomic E-state index is 11.5. The van der Waals surface area contributed by atoms with Crippen LogP contribution in [0.1, 0.15) is 12.8 Å². The molecular weight excluding hydrogens is 252 g/mol. The van der Waals surface area contributed by atoms with Crippen LogP contribution in [-0.2, 0) is 9.68 Å². The number of rotatable bonds is 6. The Morgan fingerprint density at radius 2 is 2.11 bits per heavy atom. The molecule has 18 heavy (non-hydrogen) atoms. The summed E-state index contributed by atoms with van der Waals surface area (Å²) in [6, 6.07) is 6.93. The topological polar surface area (TPSA) is 82.4 Å². The van der Waals surface area contributed by atoms with Gasteiger partial charge in [-0.1, -0.05) is 6.58 Å². The Kier molecular flexibility index (Phi) is 5.77. The Hall–Kier alpha value is -1.97. The van der Waals surface area contributed by atoms with Gasteiger partial charge in [-0.2, -0.15) is 5.26 Å². The van der Waals surface area contributed by atoms with E-state index in [-0.39, 0.29) is 24.5 Å². The lowest BCUT2D eigenvalue weighted by molar-refractivity contribution is -0.205. The number of allylic oxidation sites excluding steroid dienone is 1. The van der Waals surface area contributed by atoms with Crippen molar-refractivity contribution in [2.24, 2.45) is 0 Å². The summed E-state index contributed by atoms with van der Waals surface area (Å²) in [6.07, 6.45) is 0.429. The summed E-state index contributed by atoms with van der Waals surface area (Å²) in [4.78, 5) is 16.2. The maximum Gasteiger partial charge on any atom is 0.224 e. The largest absolute Gasteiger partial charge is 0.345 e. The molecule has 0 bridgehead atoms. The third kappa shape index (κ3) is 4.91. The molecule has 5 nitrogen and oxygen atoms in total. The molecule has 0 aliphatic rings. The van der Waals surface area contributed by atoms with Gasteiger partial charge in [0, 0.05) is 23.4 Å². The highest BCUT2D eigenvalue weighted by molar-refractivity contribution is 8.03. The van der Waals surface area contributed by atoms with Crippen LogP contribution in [0.25, 0.3) is 0 Å². The molecule has 6 heteroatoms. The molecule has 2 N–H and O–H groups in total. The average molecular weight is 264 g/mol. The van der Waals surface area contributed by atoms with Crippen molar-refractivity contribution in [1.29, 1.82) is 5.26 Å². The molecule has 0 atom stereocenters. The predicted molar refractivity (Wildman–Crippen MR) is 68.6 cm³/mol. The number of anilines is 1. The van der Waals surface area contributed by atoms with E-state index in [1.165, 1.54) is 0 Å². The fourth-order valence-corrected chi connectivity index (χ4v) is 1.56. The van der Waals surface area contributed by atoms with E-state index in [1.54, 1.807) is 24.3 Å². The van der Waals surface area contributed by atoms with Crippen molar-refractivity contribution in [2.45, 2.75) is 17.7 Å². The van der Waals surface area contributed by atoms with Crippen molar-refractivity contribution in [3.05, 3.63) is 36.6 Å². The Morgan fingerprint density at radius 1 is 1.44 bits per heavy atom. The fourth-order valence-electron chi connectivity index (χ4n) is 1.18. The number of carbonyl (C=O) groups excluding carboxylic acids is 1. The lowest BCUT2D eigenvalue weighted by Gasteiger charge is -2.05. The number of carbonyl (C=O) groups is 1. The Morgan fingerprint density at radius 3 is 2.67 bits per heavy atom. The van der Waals surface area contributed by atoms with Crippen LogP contribution < -0.4 is 5.32 Å². The quantitative estimate of drug-likeness (QED) is 0.271. The summed E-state index contributed by atoms with van der Waals surface area (Å²) < 4.78 is 0. The van der Waals surface area contributed by atoms with Crippen LogP contribution in [0.15, 0.2) is 41.5 Å². The maximum atomic E-state index is 11.5. The van der Waals surface area contributed by atoms with E-state index >= 15 is 0 Å². The lowest BCUT2D eigenvalue weighted by atomic mass is 10.2. The standard InChI is InChI=1S/C12H12N2O3S/c1-9(17-16)2-7-12(15)14-10-3-5-11(6-4-10)18-8-13/h3-6,16H,1-2,7H2,(H,14,15). The zero-order valence-corrected chi connectivity index (χ0v) is 10.4. The normalized spacial score (nSPS) is 9.33. The fraction of sp³-hybridized carbons (Fsp3) is 0.167. The van der Waals surface area contributed by atoms with Gasteiger partial charge < -0.3 is 10.2 Å². The highest BCUT2D eigenvalue weighted by atomic mass is 32.2. The first-order chi connectivity index (χ1) is 8.65. The van der Waals surface area contributed by atoms with Gasteiger partial charge in [-0.3, -0.25) is 4.79 Å². The van der Waals surface area contributed by atoms with Crippen LogP contribution in [-0.4, -0.2) is 11.2 Å². The molecule has 0 aliphatic carbocycles. The van der Waals surface area contributed by atoms with Gasteiger partial charge in [0.15, 0.2) is 0 Å². The molecule has 1 amide bonds. The number of thioether (sulfide) groups is 1. The van der Waals surface area contributed by atoms with Crippen molar-refractivity contribution < 1.29 is 14.9 Å². The molecule has 0 saturated carbocycles. The van der Waals surface area contributed by atoms with E-state index in [4.69, 9.17) is 10.5 Å². The number of hydrogen-bond donors (Lipinski definition) is 2. The van der Waals surface area contributed by atoms with E-state index in [1.807, 2.05) is 5.40 Å². The van der Waals surface area contributed by atoms with Crippen LogP contribution in [0, 0.1) is 10.7 Å². The molecule has 0 fully saturated rings. The summed E-state index contributed by atoms with van der Waals surface area (Å²) >= 11 is 1.06. The van der Waals surface area contributed by atoms with Crippen LogP contribution in [0.3, 0.4) is 0 Å². The molecule has 0 saturated heterocycles. The Bertz CT molecular complexity index is 465. The number of amides is 1. The van der Waals surface area contributed by atoms with Gasteiger partial charge in [-0.25, -0.2) is 5.26 Å². The van der Waals surface area contributed by atoms with Crippen LogP contribution in [0.5, 0.6) is 0 Å². The summed E-state index contributed by atoms with van der Waals surface area (Å²) in [5.74, 6) is -0.0557. The van der Waals surface area contributed by atoms with Gasteiger partial charge >= 0.3 is 0 Å². The zero-order chi connectivity index (χ0) is 13.4. The SMILES string of the molecule is C=C(CCC(=O)Nc1ccc(SC#N)cc1)OO. The van der Waals surface area contributed by atoms with Crippen LogP contribution in [0.2, 0.25) is 0 Å². The van der Waals surface area contributed by atoms with E-state index in [0.717, 1.165) is 16.7 Å². The number of nitrogens with one attached hydrogen (secondary N) is 1. The van der Waals surface area contributed by atoms with Crippen LogP contribution >= 0.6 is 11.8 Å². The van der Waals surface area contributed by atoms with Gasteiger partial charge in [0.05, 0.1) is 0 Å². The molecular formula is C12H12N2O3S. The lowest BCUT2D eigenvalue weighted by Crippen LogP contribution is -2.11. The Balaban J connectivity index is 2.45. The monoisotopic (exact) mass is 264 g/mol. The van der Waals surface area contributed by atoms with Gasteiger partial charge in [0.2, 0.25) is 5.91 Å². The zero-order valence-electron chi connectivity index (χ0n) is 9.55. The minimum absolute atomic E-state index is 0.144. The van der Waals surface area contributed by atoms with Crippen molar-refractivity contribution in [3.63, 3.8) is 0 Å². The highest BCUT2D eigenvalue weighted by Crippen LogP contribution is 2.19. The second kappa shape index (κ2) is 7.37. The number of thiocyanates is 1. The molecule has 0 spiro atoms. The van der Waals surface area contributed by atoms with Crippen molar-refractivity contribution >= 4 is 23.4 Å². The third-order valence-corrected chi connectivity index (χ3v) is 2.66. The number of nitrogens with zero attached hydrogens (tertiary/aromatic N) is 1. The Labute approximate surface area is 109 Å². The van der Waals surface area contributed by atoms with Gasteiger partial charge in [0.1, 0.15) is 11.2 Å². The van der Waals surface area contributed by atoms with Crippen molar-refractivity contribution in [3.8, 4) is 5.40 Å². The van der Waals surface area contributed by atoms with Crippen LogP contribution in [0.4, 0.5) is 5.69 Å². The number of benzene rings is 1. The summed E-state index contributed by atoms with van der Waals surface area (Å²) in [7, 11) is 0. The smallest absolute Gasteiger partial charge is 0.224 e.